The van der Waals surface area contributed by atoms with Crippen LogP contribution in [0, 0.1) is 11.7 Å². The fourth-order valence-corrected chi connectivity index (χ4v) is 6.35. The molecule has 3 aliphatic rings. The number of rotatable bonds is 6. The van der Waals surface area contributed by atoms with E-state index >= 15 is 0 Å². The molecule has 0 radical (unpaired) electrons. The van der Waals surface area contributed by atoms with Gasteiger partial charge in [-0.3, -0.25) is 19.1 Å². The molecule has 3 fully saturated rings. The Hall–Kier alpha value is -4.13. The minimum atomic E-state index is -4.82. The monoisotopic (exact) mass is 626 g/mol. The number of nitrogens with one attached hydrogen (secondary N) is 1. The number of alkyl halides is 4. The molecule has 1 atom stereocenters. The number of benzene rings is 1. The zero-order chi connectivity index (χ0) is 31.6. The second-order valence-corrected chi connectivity index (χ2v) is 12.5. The number of hydrogen-bond acceptors (Lipinski definition) is 5. The van der Waals surface area contributed by atoms with Crippen LogP contribution in [0.3, 0.4) is 0 Å². The number of H-pyrrole nitrogens is 1. The van der Waals surface area contributed by atoms with Gasteiger partial charge in [0.1, 0.15) is 40.2 Å². The molecule has 5 heterocycles. The third-order valence-corrected chi connectivity index (χ3v) is 8.84. The molecule has 0 spiro atoms. The zero-order valence-corrected chi connectivity index (χ0v) is 24.5. The predicted octanol–water partition coefficient (Wildman–Crippen LogP) is 5.84. The second-order valence-electron chi connectivity index (χ2n) is 12.5. The lowest BCUT2D eigenvalue weighted by molar-refractivity contribution is -0.136. The van der Waals surface area contributed by atoms with Crippen LogP contribution in [0.5, 0.6) is 0 Å². The number of imidazole rings is 1. The van der Waals surface area contributed by atoms with Crippen molar-refractivity contribution in [2.75, 3.05) is 26.2 Å². The summed E-state index contributed by atoms with van der Waals surface area (Å²) in [4.78, 5) is 42.1. The first kappa shape index (κ1) is 29.6. The summed E-state index contributed by atoms with van der Waals surface area (Å²) in [5, 5.41) is 0. The first-order valence-corrected chi connectivity index (χ1v) is 15.1. The molecule has 7 rings (SSSR count). The van der Waals surface area contributed by atoms with Gasteiger partial charge in [0.2, 0.25) is 0 Å². The number of hydrogen-bond donors (Lipinski definition) is 1. The lowest BCUT2D eigenvalue weighted by atomic mass is 9.96. The molecule has 45 heavy (non-hydrogen) atoms. The number of nitrogens with zero attached hydrogens (tertiary/aromatic N) is 5. The maximum Gasteiger partial charge on any atom is 0.419 e. The molecular formula is C32H31F5N6O2. The van der Waals surface area contributed by atoms with E-state index in [2.05, 4.69) is 26.8 Å². The number of likely N-dealkylation sites (tertiary alicyclic amines) is 2. The van der Waals surface area contributed by atoms with Crippen LogP contribution in [0.4, 0.5) is 22.0 Å². The summed E-state index contributed by atoms with van der Waals surface area (Å²) in [7, 11) is 0. The van der Waals surface area contributed by atoms with Crippen molar-refractivity contribution in [3.8, 4) is 16.9 Å². The summed E-state index contributed by atoms with van der Waals surface area (Å²) in [5.74, 6) is -0.539. The molecular weight excluding hydrogens is 595 g/mol. The Kier molecular flexibility index (Phi) is 7.25. The quantitative estimate of drug-likeness (QED) is 0.272. The van der Waals surface area contributed by atoms with Crippen molar-refractivity contribution in [2.45, 2.75) is 57.4 Å². The van der Waals surface area contributed by atoms with Gasteiger partial charge in [0.25, 0.3) is 11.5 Å². The first-order chi connectivity index (χ1) is 21.4. The number of aromatic nitrogens is 4. The van der Waals surface area contributed by atoms with Crippen LogP contribution < -0.4 is 5.56 Å². The molecule has 0 bridgehead atoms. The van der Waals surface area contributed by atoms with Crippen LogP contribution in [-0.2, 0) is 12.7 Å². The summed E-state index contributed by atoms with van der Waals surface area (Å²) in [6.07, 6.45) is -1.59. The van der Waals surface area contributed by atoms with E-state index < -0.39 is 40.7 Å². The second kappa shape index (κ2) is 11.0. The van der Waals surface area contributed by atoms with Crippen LogP contribution >= 0.6 is 0 Å². The van der Waals surface area contributed by atoms with Gasteiger partial charge in [-0.15, -0.1) is 0 Å². The van der Waals surface area contributed by atoms with Crippen LogP contribution in [-0.4, -0.2) is 67.6 Å². The largest absolute Gasteiger partial charge is 0.419 e. The number of fused-ring (bicyclic) bond motifs is 1. The van der Waals surface area contributed by atoms with Crippen LogP contribution in [0.2, 0.25) is 0 Å². The van der Waals surface area contributed by atoms with E-state index in [1.807, 2.05) is 0 Å². The zero-order valence-electron chi connectivity index (χ0n) is 24.5. The Labute approximate surface area is 254 Å². The predicted molar refractivity (Wildman–Crippen MR) is 156 cm³/mol. The Morgan fingerprint density at radius 3 is 2.53 bits per heavy atom. The normalized spacial score (nSPS) is 19.7. The van der Waals surface area contributed by atoms with Crippen molar-refractivity contribution in [1.82, 2.24) is 29.3 Å². The molecule has 2 saturated heterocycles. The average Bonchev–Trinajstić information content (AvgIpc) is 3.74. The van der Waals surface area contributed by atoms with Gasteiger partial charge < -0.3 is 9.88 Å². The molecule has 3 aromatic heterocycles. The summed E-state index contributed by atoms with van der Waals surface area (Å²) in [6, 6.07) is 6.77. The van der Waals surface area contributed by atoms with Crippen molar-refractivity contribution in [1.29, 1.82) is 0 Å². The van der Waals surface area contributed by atoms with Crippen LogP contribution in [0.15, 0.2) is 41.3 Å². The Morgan fingerprint density at radius 2 is 1.84 bits per heavy atom. The molecule has 1 N–H and O–H groups in total. The van der Waals surface area contributed by atoms with Gasteiger partial charge in [-0.25, -0.2) is 18.7 Å². The van der Waals surface area contributed by atoms with Crippen molar-refractivity contribution in [3.63, 3.8) is 0 Å². The summed E-state index contributed by atoms with van der Waals surface area (Å²) in [6.45, 7) is 3.77. The van der Waals surface area contributed by atoms with Gasteiger partial charge in [-0.2, -0.15) is 13.2 Å². The van der Waals surface area contributed by atoms with E-state index in [0.29, 0.717) is 22.7 Å². The molecule has 236 valence electrons. The summed E-state index contributed by atoms with van der Waals surface area (Å²) in [5.41, 5.74) is -1.33. The van der Waals surface area contributed by atoms with Gasteiger partial charge in [0.15, 0.2) is 0 Å². The first-order valence-electron chi connectivity index (χ1n) is 15.1. The molecule has 1 saturated carbocycles. The summed E-state index contributed by atoms with van der Waals surface area (Å²) >= 11 is 0. The molecule has 2 aliphatic heterocycles. The molecule has 0 unspecified atom stereocenters. The van der Waals surface area contributed by atoms with Crippen LogP contribution in [0.25, 0.3) is 28.0 Å². The highest BCUT2D eigenvalue weighted by atomic mass is 19.4. The number of aromatic amines is 1. The van der Waals surface area contributed by atoms with Crippen molar-refractivity contribution in [3.05, 3.63) is 75.3 Å². The minimum Gasteiger partial charge on any atom is -0.336 e. The number of carbonyl (C=O) groups excluding carboxylic acids is 1. The Bertz CT molecular complexity index is 1860. The third kappa shape index (κ3) is 5.73. The standard InChI is InChI=1S/C32H31F5N6O2/c1-17-3-2-8-41(12-17)16-26-39-28-24(32(35,36)37)15-43(31(45)29(28)40-26)27-10-19(9-25(38-27)18-4-5-18)22-7-6-20(33)11-23(22)30(44)42-13-21(34)14-42/h6-7,9-11,15,17-18,21H,2-5,8,12-14,16H2,1H3,(H,39,40)/t17-/m0/s1. The molecule has 1 aliphatic carbocycles. The molecule has 4 aromatic rings. The van der Waals surface area contributed by atoms with E-state index in [9.17, 15) is 31.5 Å². The average molecular weight is 627 g/mol. The van der Waals surface area contributed by atoms with Crippen molar-refractivity contribution >= 4 is 16.9 Å². The maximum absolute atomic E-state index is 14.4. The lowest BCUT2D eigenvalue weighted by Gasteiger charge is -2.34. The lowest BCUT2D eigenvalue weighted by Crippen LogP contribution is -2.51. The number of halogens is 5. The van der Waals surface area contributed by atoms with E-state index in [0.717, 1.165) is 55.6 Å². The fourth-order valence-electron chi connectivity index (χ4n) is 6.35. The van der Waals surface area contributed by atoms with Gasteiger partial charge in [-0.05, 0) is 73.5 Å². The number of pyridine rings is 2. The van der Waals surface area contributed by atoms with Crippen molar-refractivity contribution in [2.24, 2.45) is 5.92 Å². The SMILES string of the molecule is C[C@H]1CCCN(Cc2nc3c(C(F)(F)F)cn(-c4cc(-c5ccc(F)cc5C(=O)N5CC(F)C5)cc(C5CC5)n4)c(=O)c3[nH]2)C1. The minimum absolute atomic E-state index is 0.00943. The fraction of sp³-hybridized carbons (Fsp3) is 0.438. The number of amides is 1. The summed E-state index contributed by atoms with van der Waals surface area (Å²) < 4.78 is 72.1. The Morgan fingerprint density at radius 1 is 1.07 bits per heavy atom. The van der Waals surface area contributed by atoms with Gasteiger partial charge >= 0.3 is 6.18 Å². The van der Waals surface area contributed by atoms with E-state index in [4.69, 9.17) is 0 Å². The smallest absolute Gasteiger partial charge is 0.336 e. The van der Waals surface area contributed by atoms with Crippen molar-refractivity contribution < 1.29 is 26.7 Å². The third-order valence-electron chi connectivity index (χ3n) is 8.84. The van der Waals surface area contributed by atoms with Gasteiger partial charge in [0, 0.05) is 24.4 Å². The molecule has 13 heteroatoms. The molecule has 1 amide bonds. The van der Waals surface area contributed by atoms with Gasteiger partial charge in [-0.1, -0.05) is 13.0 Å². The number of carbonyl (C=O) groups is 1. The van der Waals surface area contributed by atoms with Gasteiger partial charge in [0.05, 0.1) is 25.2 Å². The highest BCUT2D eigenvalue weighted by Crippen LogP contribution is 2.41. The topological polar surface area (TPSA) is 87.1 Å². The van der Waals surface area contributed by atoms with E-state index in [1.165, 1.54) is 23.1 Å². The highest BCUT2D eigenvalue weighted by Gasteiger charge is 2.37. The van der Waals surface area contributed by atoms with E-state index in [-0.39, 0.29) is 48.3 Å². The highest BCUT2D eigenvalue weighted by molar-refractivity contribution is 6.01. The Balaban J connectivity index is 1.35. The van der Waals surface area contributed by atoms with Crippen LogP contribution in [0.1, 0.15) is 66.0 Å². The van der Waals surface area contributed by atoms with E-state index in [1.54, 1.807) is 6.07 Å². The number of piperidine rings is 1. The molecule has 1 aromatic carbocycles. The molecule has 8 nitrogen and oxygen atoms in total. The maximum atomic E-state index is 14.4.